The highest BCUT2D eigenvalue weighted by molar-refractivity contribution is 6.33. The molecule has 1 heterocycles. The zero-order valence-corrected chi connectivity index (χ0v) is 22.2. The quantitative estimate of drug-likeness (QED) is 0.254. The average Bonchev–Trinajstić information content (AvgIpc) is 3.73. The van der Waals surface area contributed by atoms with Crippen LogP contribution in [0.5, 0.6) is 5.75 Å². The Labute approximate surface area is 232 Å². The first-order valence-corrected chi connectivity index (χ1v) is 13.0. The molecule has 1 fully saturated rings. The van der Waals surface area contributed by atoms with Crippen molar-refractivity contribution in [3.8, 4) is 22.8 Å². The molecule has 0 atom stereocenters. The van der Waals surface area contributed by atoms with Crippen molar-refractivity contribution < 1.29 is 23.1 Å². The monoisotopic (exact) mass is 566 g/mol. The Morgan fingerprint density at radius 2 is 1.93 bits per heavy atom. The van der Waals surface area contributed by atoms with Crippen molar-refractivity contribution in [3.05, 3.63) is 98.4 Å². The van der Waals surface area contributed by atoms with Gasteiger partial charge in [0.25, 0.3) is 6.43 Å². The minimum Gasteiger partial charge on any atom is -0.496 e. The molecule has 1 aliphatic rings. The lowest BCUT2D eigenvalue weighted by Crippen LogP contribution is -2.24. The maximum absolute atomic E-state index is 13.0. The van der Waals surface area contributed by atoms with Crippen LogP contribution in [0.3, 0.4) is 0 Å². The smallest absolute Gasteiger partial charge is 0.348 e. The summed E-state index contributed by atoms with van der Waals surface area (Å²) in [6, 6.07) is 15.5. The Kier molecular flexibility index (Phi) is 7.79. The van der Waals surface area contributed by atoms with Crippen molar-refractivity contribution in [1.82, 2.24) is 20.1 Å². The number of halogens is 3. The van der Waals surface area contributed by atoms with Crippen LogP contribution in [-0.4, -0.2) is 33.6 Å². The van der Waals surface area contributed by atoms with Crippen LogP contribution < -0.4 is 15.7 Å². The van der Waals surface area contributed by atoms with Gasteiger partial charge in [0.1, 0.15) is 5.75 Å². The van der Waals surface area contributed by atoms with Gasteiger partial charge in [-0.2, -0.15) is 4.68 Å². The molecule has 3 aromatic carbocycles. The second-order valence-corrected chi connectivity index (χ2v) is 9.93. The number of ether oxygens (including phenoxy) is 1. The SMILES string of the molecule is COc1cc(-n2nc(-c3cc(CNC(=O)C4CC4)ccc3Cl)[nH]c2=O)ccc1C(=O)Cc1cccc(C(F)F)c1. The van der Waals surface area contributed by atoms with Crippen molar-refractivity contribution in [3.63, 3.8) is 0 Å². The Hall–Kier alpha value is -4.31. The third-order valence-electron chi connectivity index (χ3n) is 6.62. The molecule has 0 spiro atoms. The number of carbonyl (C=O) groups excluding carboxylic acids is 2. The van der Waals surface area contributed by atoms with Gasteiger partial charge in [-0.1, -0.05) is 35.9 Å². The second-order valence-electron chi connectivity index (χ2n) is 9.53. The fourth-order valence-corrected chi connectivity index (χ4v) is 4.53. The molecule has 1 aliphatic carbocycles. The molecule has 0 radical (unpaired) electrons. The summed E-state index contributed by atoms with van der Waals surface area (Å²) in [6.07, 6.45) is -0.915. The van der Waals surface area contributed by atoms with Crippen molar-refractivity contribution >= 4 is 23.3 Å². The minimum atomic E-state index is -2.63. The third-order valence-corrected chi connectivity index (χ3v) is 6.95. The molecule has 1 aromatic heterocycles. The second kappa shape index (κ2) is 11.4. The number of nitrogens with one attached hydrogen (secondary N) is 2. The fraction of sp³-hybridized carbons (Fsp3) is 0.241. The van der Waals surface area contributed by atoms with E-state index in [-0.39, 0.29) is 46.7 Å². The van der Waals surface area contributed by atoms with Gasteiger partial charge in [0.05, 0.1) is 23.4 Å². The van der Waals surface area contributed by atoms with E-state index in [0.717, 1.165) is 23.1 Å². The maximum atomic E-state index is 13.0. The number of aromatic nitrogens is 3. The van der Waals surface area contributed by atoms with Gasteiger partial charge in [-0.25, -0.2) is 13.6 Å². The predicted molar refractivity (Wildman–Crippen MR) is 145 cm³/mol. The Balaban J connectivity index is 1.38. The van der Waals surface area contributed by atoms with Gasteiger partial charge < -0.3 is 10.1 Å². The van der Waals surface area contributed by atoms with Crippen LogP contribution in [0, 0.1) is 5.92 Å². The van der Waals surface area contributed by atoms with Crippen LogP contribution in [0.25, 0.3) is 17.1 Å². The average molecular weight is 567 g/mol. The number of alkyl halides is 2. The number of hydrogen-bond acceptors (Lipinski definition) is 5. The number of H-pyrrole nitrogens is 1. The van der Waals surface area contributed by atoms with Crippen LogP contribution >= 0.6 is 11.6 Å². The first kappa shape index (κ1) is 27.3. The van der Waals surface area contributed by atoms with Crippen molar-refractivity contribution in [1.29, 1.82) is 0 Å². The molecular formula is C29H25ClF2N4O4. The first-order chi connectivity index (χ1) is 19.2. The molecule has 8 nitrogen and oxygen atoms in total. The van der Waals surface area contributed by atoms with E-state index < -0.39 is 12.1 Å². The molecule has 4 aromatic rings. The zero-order valence-electron chi connectivity index (χ0n) is 21.4. The summed E-state index contributed by atoms with van der Waals surface area (Å²) in [6.45, 7) is 0.323. The number of amides is 1. The highest BCUT2D eigenvalue weighted by Crippen LogP contribution is 2.30. The van der Waals surface area contributed by atoms with E-state index >= 15 is 0 Å². The third kappa shape index (κ3) is 5.96. The summed E-state index contributed by atoms with van der Waals surface area (Å²) >= 11 is 6.40. The Morgan fingerprint density at radius 1 is 1.12 bits per heavy atom. The van der Waals surface area contributed by atoms with Gasteiger partial charge in [0.2, 0.25) is 5.91 Å². The molecule has 0 aliphatic heterocycles. The summed E-state index contributed by atoms with van der Waals surface area (Å²) in [5.74, 6) is 0.210. The number of methoxy groups -OCH3 is 1. The van der Waals surface area contributed by atoms with Gasteiger partial charge in [-0.3, -0.25) is 14.6 Å². The zero-order chi connectivity index (χ0) is 28.4. The van der Waals surface area contributed by atoms with Crippen LogP contribution in [-0.2, 0) is 17.8 Å². The summed E-state index contributed by atoms with van der Waals surface area (Å²) in [5, 5.41) is 7.66. The van der Waals surface area contributed by atoms with E-state index in [2.05, 4.69) is 15.4 Å². The van der Waals surface area contributed by atoms with Crippen molar-refractivity contribution in [2.75, 3.05) is 7.11 Å². The Bertz CT molecular complexity index is 1650. The van der Waals surface area contributed by atoms with Crippen LogP contribution in [0.2, 0.25) is 5.02 Å². The number of hydrogen-bond donors (Lipinski definition) is 2. The number of aromatic amines is 1. The highest BCUT2D eigenvalue weighted by Gasteiger charge is 2.29. The van der Waals surface area contributed by atoms with E-state index in [9.17, 15) is 23.2 Å². The molecule has 40 heavy (non-hydrogen) atoms. The predicted octanol–water partition coefficient (Wildman–Crippen LogP) is 5.28. The molecule has 11 heteroatoms. The maximum Gasteiger partial charge on any atom is 0.348 e. The minimum absolute atomic E-state index is 0.0201. The lowest BCUT2D eigenvalue weighted by atomic mass is 10.0. The first-order valence-electron chi connectivity index (χ1n) is 12.6. The van der Waals surface area contributed by atoms with Crippen molar-refractivity contribution in [2.24, 2.45) is 5.92 Å². The highest BCUT2D eigenvalue weighted by atomic mass is 35.5. The number of benzene rings is 3. The molecule has 206 valence electrons. The summed E-state index contributed by atoms with van der Waals surface area (Å²) < 4.78 is 32.6. The molecule has 0 bridgehead atoms. The van der Waals surface area contributed by atoms with E-state index in [0.29, 0.717) is 28.4 Å². The standard InChI is InChI=1S/C29H25ClF2N4O4/c1-40-25-14-20(8-9-21(25)24(37)13-16-3-2-4-19(11-16)26(31)32)36-29(39)34-27(35-36)22-12-17(5-10-23(22)30)15-33-28(38)18-6-7-18/h2-5,8-12,14,18,26H,6-7,13,15H2,1H3,(H,33,38)(H,34,35,39). The molecule has 5 rings (SSSR count). The molecular weight excluding hydrogens is 542 g/mol. The van der Waals surface area contributed by atoms with E-state index in [1.54, 1.807) is 30.3 Å². The molecule has 0 saturated heterocycles. The van der Waals surface area contributed by atoms with Gasteiger partial charge in [-0.05, 0) is 54.3 Å². The fourth-order valence-electron chi connectivity index (χ4n) is 4.33. The number of rotatable bonds is 10. The summed E-state index contributed by atoms with van der Waals surface area (Å²) in [4.78, 5) is 40.5. The Morgan fingerprint density at radius 3 is 2.65 bits per heavy atom. The lowest BCUT2D eigenvalue weighted by molar-refractivity contribution is -0.122. The van der Waals surface area contributed by atoms with E-state index in [1.165, 1.54) is 37.4 Å². The molecule has 1 amide bonds. The van der Waals surface area contributed by atoms with Gasteiger partial charge >= 0.3 is 5.69 Å². The summed E-state index contributed by atoms with van der Waals surface area (Å²) in [7, 11) is 1.39. The largest absolute Gasteiger partial charge is 0.496 e. The molecule has 1 saturated carbocycles. The number of nitrogens with zero attached hydrogens (tertiary/aromatic N) is 2. The number of ketones is 1. The van der Waals surface area contributed by atoms with Gasteiger partial charge in [0, 0.05) is 36.1 Å². The van der Waals surface area contributed by atoms with E-state index in [1.807, 2.05) is 0 Å². The van der Waals surface area contributed by atoms with Crippen LogP contribution in [0.15, 0.2) is 65.5 Å². The van der Waals surface area contributed by atoms with Gasteiger partial charge in [-0.15, -0.1) is 5.10 Å². The summed E-state index contributed by atoms with van der Waals surface area (Å²) in [5.41, 5.74) is 1.62. The van der Waals surface area contributed by atoms with Crippen molar-refractivity contribution in [2.45, 2.75) is 32.2 Å². The van der Waals surface area contributed by atoms with Crippen LogP contribution in [0.1, 0.15) is 46.3 Å². The number of Topliss-reactive ketones (excluding diaryl/α,β-unsaturated/α-hetero) is 1. The molecule has 2 N–H and O–H groups in total. The van der Waals surface area contributed by atoms with E-state index in [4.69, 9.17) is 16.3 Å². The number of carbonyl (C=O) groups is 2. The normalized spacial score (nSPS) is 12.9. The molecule has 0 unspecified atom stereocenters. The lowest BCUT2D eigenvalue weighted by Gasteiger charge is -2.10. The van der Waals surface area contributed by atoms with Crippen LogP contribution in [0.4, 0.5) is 8.78 Å². The van der Waals surface area contributed by atoms with Gasteiger partial charge in [0.15, 0.2) is 11.6 Å². The topological polar surface area (TPSA) is 106 Å².